The Morgan fingerprint density at radius 2 is 1.95 bits per heavy atom. The first-order valence-corrected chi connectivity index (χ1v) is 7.62. The monoisotopic (exact) mass is 323 g/mol. The molecule has 0 aromatic heterocycles. The minimum Gasteiger partial charge on any atom is -0.361 e. The van der Waals surface area contributed by atoms with Gasteiger partial charge in [-0.1, -0.05) is 64.0 Å². The summed E-state index contributed by atoms with van der Waals surface area (Å²) in [7, 11) is 0. The van der Waals surface area contributed by atoms with Crippen LogP contribution in [0, 0.1) is 0 Å². The maximum Gasteiger partial charge on any atom is 0.0500 e. The largest absolute Gasteiger partial charge is 0.361 e. The van der Waals surface area contributed by atoms with E-state index in [4.69, 9.17) is 0 Å². The van der Waals surface area contributed by atoms with Gasteiger partial charge in [0.05, 0.1) is 5.69 Å². The van der Waals surface area contributed by atoms with E-state index in [1.165, 1.54) is 33.5 Å². The Kier molecular flexibility index (Phi) is 2.78. The van der Waals surface area contributed by atoms with Gasteiger partial charge in [-0.25, -0.2) is 0 Å². The average Bonchev–Trinajstić information content (AvgIpc) is 3.04. The summed E-state index contributed by atoms with van der Waals surface area (Å²) in [5.41, 5.74) is 8.20. The topological polar surface area (TPSA) is 15.8 Å². The van der Waals surface area contributed by atoms with Gasteiger partial charge in [-0.3, -0.25) is 0 Å². The molecule has 0 radical (unpaired) electrons. The molecule has 1 aromatic rings. The van der Waals surface area contributed by atoms with Crippen LogP contribution < -0.4 is 0 Å². The van der Waals surface area contributed by atoms with E-state index in [2.05, 4.69) is 69.5 Å². The Bertz CT molecular complexity index is 782. The molecule has 0 fully saturated rings. The molecule has 0 unspecified atom stereocenters. The molecule has 1 N–H and O–H groups in total. The van der Waals surface area contributed by atoms with Gasteiger partial charge in [-0.15, -0.1) is 0 Å². The maximum absolute atomic E-state index is 3.61. The van der Waals surface area contributed by atoms with Crippen molar-refractivity contribution < 1.29 is 0 Å². The molecule has 2 aliphatic carbocycles. The van der Waals surface area contributed by atoms with Gasteiger partial charge < -0.3 is 4.98 Å². The van der Waals surface area contributed by atoms with E-state index in [1.54, 1.807) is 0 Å². The fourth-order valence-electron chi connectivity index (χ4n) is 3.04. The second kappa shape index (κ2) is 4.64. The van der Waals surface area contributed by atoms with Crippen LogP contribution in [-0.4, -0.2) is 4.98 Å². The molecule has 3 aliphatic rings. The van der Waals surface area contributed by atoms with Gasteiger partial charge in [0.2, 0.25) is 0 Å². The summed E-state index contributed by atoms with van der Waals surface area (Å²) in [5.74, 6) is 0. The fourth-order valence-corrected chi connectivity index (χ4v) is 3.50. The van der Waals surface area contributed by atoms with Gasteiger partial charge in [0, 0.05) is 16.2 Å². The SMILES string of the molecule is Brc1cc[nH]c2c(CC3=Cc4ccccc4C3)ccc1-2. The Labute approximate surface area is 126 Å². The minimum absolute atomic E-state index is 1.02. The Balaban J connectivity index is 1.65. The third-order valence-electron chi connectivity index (χ3n) is 4.01. The number of nitrogens with one attached hydrogen (secondary N) is 1. The molecule has 0 spiro atoms. The number of allylic oxidation sites excluding steroid dienone is 1. The number of halogens is 1. The zero-order valence-electron chi connectivity index (χ0n) is 11.0. The van der Waals surface area contributed by atoms with Crippen molar-refractivity contribution in [3.8, 4) is 11.3 Å². The highest BCUT2D eigenvalue weighted by Crippen LogP contribution is 2.35. The van der Waals surface area contributed by atoms with Gasteiger partial charge in [0.1, 0.15) is 0 Å². The van der Waals surface area contributed by atoms with Crippen molar-refractivity contribution in [2.75, 3.05) is 0 Å². The first-order chi connectivity index (χ1) is 9.81. The predicted molar refractivity (Wildman–Crippen MR) is 86.9 cm³/mol. The van der Waals surface area contributed by atoms with Crippen LogP contribution in [0.1, 0.15) is 16.7 Å². The van der Waals surface area contributed by atoms with Gasteiger partial charge in [-0.05, 0) is 35.6 Å². The molecule has 2 heteroatoms. The van der Waals surface area contributed by atoms with Crippen molar-refractivity contribution in [3.05, 3.63) is 75.4 Å². The summed E-state index contributed by atoms with van der Waals surface area (Å²) in [6.45, 7) is 0. The Hall–Kier alpha value is -1.80. The van der Waals surface area contributed by atoms with E-state index >= 15 is 0 Å². The van der Waals surface area contributed by atoms with Crippen LogP contribution >= 0.6 is 15.9 Å². The molecule has 98 valence electrons. The molecule has 1 nitrogen and oxygen atoms in total. The molecule has 0 bridgehead atoms. The lowest BCUT2D eigenvalue weighted by Crippen LogP contribution is -1.93. The highest BCUT2D eigenvalue weighted by atomic mass is 79.9. The van der Waals surface area contributed by atoms with Gasteiger partial charge in [0.15, 0.2) is 0 Å². The molecule has 20 heavy (non-hydrogen) atoms. The zero-order valence-corrected chi connectivity index (χ0v) is 12.6. The van der Waals surface area contributed by atoms with Crippen LogP contribution in [0.5, 0.6) is 0 Å². The number of fused-ring (bicyclic) bond motifs is 2. The molecule has 4 rings (SSSR count). The average molecular weight is 324 g/mol. The van der Waals surface area contributed by atoms with Crippen molar-refractivity contribution in [1.29, 1.82) is 0 Å². The van der Waals surface area contributed by atoms with E-state index in [9.17, 15) is 0 Å². The summed E-state index contributed by atoms with van der Waals surface area (Å²) in [6.07, 6.45) is 6.43. The molecule has 1 aromatic carbocycles. The minimum atomic E-state index is 1.02. The summed E-state index contributed by atoms with van der Waals surface area (Å²) >= 11 is 3.61. The van der Waals surface area contributed by atoms with Crippen molar-refractivity contribution in [1.82, 2.24) is 4.98 Å². The molecule has 0 saturated heterocycles. The lowest BCUT2D eigenvalue weighted by atomic mass is 10.0. The number of aromatic amines is 1. The van der Waals surface area contributed by atoms with Crippen LogP contribution in [0.15, 0.2) is 58.7 Å². The van der Waals surface area contributed by atoms with Crippen molar-refractivity contribution >= 4 is 22.0 Å². The Morgan fingerprint density at radius 3 is 2.85 bits per heavy atom. The van der Waals surface area contributed by atoms with E-state index in [0.29, 0.717) is 0 Å². The third-order valence-corrected chi connectivity index (χ3v) is 4.70. The van der Waals surface area contributed by atoms with E-state index in [-0.39, 0.29) is 0 Å². The zero-order chi connectivity index (χ0) is 13.5. The fraction of sp³-hybridized carbons (Fsp3) is 0.111. The summed E-state index contributed by atoms with van der Waals surface area (Å²) in [6, 6.07) is 15.1. The van der Waals surface area contributed by atoms with Crippen LogP contribution in [0.25, 0.3) is 17.3 Å². The van der Waals surface area contributed by atoms with Crippen LogP contribution in [0.4, 0.5) is 0 Å². The van der Waals surface area contributed by atoms with E-state index in [1.807, 2.05) is 6.20 Å². The summed E-state index contributed by atoms with van der Waals surface area (Å²) < 4.78 is 1.15. The van der Waals surface area contributed by atoms with Crippen LogP contribution in [0.2, 0.25) is 0 Å². The highest BCUT2D eigenvalue weighted by molar-refractivity contribution is 9.10. The van der Waals surface area contributed by atoms with Gasteiger partial charge >= 0.3 is 0 Å². The normalized spacial score (nSPS) is 13.6. The van der Waals surface area contributed by atoms with Gasteiger partial charge in [0.25, 0.3) is 0 Å². The Morgan fingerprint density at radius 1 is 1.05 bits per heavy atom. The maximum atomic E-state index is 3.61. The number of hydrogen-bond acceptors (Lipinski definition) is 0. The molecular formula is C18H14BrN. The number of aromatic nitrogens is 1. The van der Waals surface area contributed by atoms with E-state index in [0.717, 1.165) is 17.3 Å². The summed E-state index contributed by atoms with van der Waals surface area (Å²) in [4.78, 5) is 3.38. The molecule has 0 atom stereocenters. The lowest BCUT2D eigenvalue weighted by molar-refractivity contribution is 1.07. The second-order valence-electron chi connectivity index (χ2n) is 5.33. The lowest BCUT2D eigenvalue weighted by Gasteiger charge is -2.07. The summed E-state index contributed by atoms with van der Waals surface area (Å²) in [5, 5.41) is 0. The van der Waals surface area contributed by atoms with Crippen molar-refractivity contribution in [3.63, 3.8) is 0 Å². The first-order valence-electron chi connectivity index (χ1n) is 6.83. The molecule has 1 aliphatic heterocycles. The smallest absolute Gasteiger partial charge is 0.0500 e. The molecule has 0 amide bonds. The molecule has 1 heterocycles. The van der Waals surface area contributed by atoms with Gasteiger partial charge in [-0.2, -0.15) is 0 Å². The number of H-pyrrole nitrogens is 1. The van der Waals surface area contributed by atoms with Crippen LogP contribution in [0.3, 0.4) is 0 Å². The standard InChI is InChI=1S/C18H14BrN/c19-17-7-8-20-18-15(5-6-16(17)18)11-12-9-13-3-1-2-4-14(13)10-12/h1-9,20H,10-11H2. The number of rotatable bonds is 2. The third kappa shape index (κ3) is 1.92. The number of benzene rings is 1. The van der Waals surface area contributed by atoms with E-state index < -0.39 is 0 Å². The number of pyridine rings is 1. The molecule has 0 saturated carbocycles. The second-order valence-corrected chi connectivity index (χ2v) is 6.18. The molecular weight excluding hydrogens is 310 g/mol. The number of hydrogen-bond donors (Lipinski definition) is 1. The first kappa shape index (κ1) is 12.0. The quantitative estimate of drug-likeness (QED) is 0.678. The van der Waals surface area contributed by atoms with Crippen molar-refractivity contribution in [2.45, 2.75) is 12.8 Å². The highest BCUT2D eigenvalue weighted by Gasteiger charge is 2.17. The van der Waals surface area contributed by atoms with Crippen molar-refractivity contribution in [2.24, 2.45) is 0 Å². The van der Waals surface area contributed by atoms with Crippen LogP contribution in [-0.2, 0) is 12.8 Å². The predicted octanol–water partition coefficient (Wildman–Crippen LogP) is 5.06.